The number of likely N-dealkylation sites (N-methyl/N-ethyl adjacent to an activating group) is 1. The number of nitrogens with zero attached hydrogens (tertiary/aromatic N) is 1. The quantitative estimate of drug-likeness (QED) is 0.834. The Morgan fingerprint density at radius 2 is 1.63 bits per heavy atom. The summed E-state index contributed by atoms with van der Waals surface area (Å²) in [5.74, 6) is -1.06. The minimum atomic E-state index is -4.77. The molecule has 0 saturated carbocycles. The van der Waals surface area contributed by atoms with Crippen LogP contribution >= 0.6 is 0 Å². The van der Waals surface area contributed by atoms with E-state index in [4.69, 9.17) is 0 Å². The maximum atomic E-state index is 12.2. The lowest BCUT2D eigenvalue weighted by atomic mass is 10.1. The molecule has 0 aliphatic carbocycles. The van der Waals surface area contributed by atoms with Crippen molar-refractivity contribution in [3.8, 4) is 5.75 Å². The van der Waals surface area contributed by atoms with Crippen molar-refractivity contribution in [3.63, 3.8) is 0 Å². The Bertz CT molecular complexity index is 787. The average Bonchev–Trinajstić information content (AvgIpc) is 2.57. The number of hydrogen-bond acceptors (Lipinski definition) is 3. The highest BCUT2D eigenvalue weighted by Crippen LogP contribution is 2.23. The minimum Gasteiger partial charge on any atom is -0.406 e. The van der Waals surface area contributed by atoms with Crippen LogP contribution in [0.25, 0.3) is 0 Å². The van der Waals surface area contributed by atoms with Crippen LogP contribution in [-0.2, 0) is 16.0 Å². The van der Waals surface area contributed by atoms with E-state index < -0.39 is 12.3 Å². The number of benzene rings is 2. The number of ether oxygens (including phenoxy) is 1. The van der Waals surface area contributed by atoms with Crippen LogP contribution in [0.3, 0.4) is 0 Å². The van der Waals surface area contributed by atoms with E-state index in [2.05, 4.69) is 10.1 Å². The van der Waals surface area contributed by atoms with Crippen molar-refractivity contribution in [1.82, 2.24) is 4.90 Å². The van der Waals surface area contributed by atoms with Gasteiger partial charge in [-0.15, -0.1) is 13.2 Å². The first-order valence-electron chi connectivity index (χ1n) is 8.07. The molecule has 0 atom stereocenters. The molecule has 5 nitrogen and oxygen atoms in total. The normalized spacial score (nSPS) is 11.0. The van der Waals surface area contributed by atoms with Crippen molar-refractivity contribution in [2.75, 3.05) is 18.9 Å². The van der Waals surface area contributed by atoms with Crippen molar-refractivity contribution < 1.29 is 27.5 Å². The van der Waals surface area contributed by atoms with Crippen molar-refractivity contribution >= 4 is 17.5 Å². The highest BCUT2D eigenvalue weighted by molar-refractivity contribution is 5.94. The van der Waals surface area contributed by atoms with Crippen LogP contribution in [0.4, 0.5) is 18.9 Å². The number of nitrogens with one attached hydrogen (secondary N) is 1. The molecule has 2 aromatic rings. The minimum absolute atomic E-state index is 0.174. The zero-order valence-electron chi connectivity index (χ0n) is 14.8. The van der Waals surface area contributed by atoms with Crippen LogP contribution in [0.15, 0.2) is 48.5 Å². The average molecular weight is 380 g/mol. The monoisotopic (exact) mass is 380 g/mol. The lowest BCUT2D eigenvalue weighted by Crippen LogP contribution is -2.35. The molecule has 0 heterocycles. The van der Waals surface area contributed by atoms with Gasteiger partial charge in [-0.3, -0.25) is 9.59 Å². The number of carbonyl (C=O) groups is 2. The number of rotatable bonds is 6. The molecule has 0 aliphatic rings. The van der Waals surface area contributed by atoms with E-state index in [0.717, 1.165) is 23.3 Å². The Balaban J connectivity index is 1.85. The van der Waals surface area contributed by atoms with Gasteiger partial charge in [-0.25, -0.2) is 0 Å². The molecule has 0 bridgehead atoms. The molecule has 2 rings (SSSR count). The summed E-state index contributed by atoms with van der Waals surface area (Å²) in [6.07, 6.45) is -4.60. The lowest BCUT2D eigenvalue weighted by Gasteiger charge is -2.17. The first kappa shape index (κ1) is 20.3. The predicted octanol–water partition coefficient (Wildman–Crippen LogP) is 3.53. The third kappa shape index (κ3) is 7.01. The Kier molecular flexibility index (Phi) is 6.44. The van der Waals surface area contributed by atoms with E-state index in [1.807, 2.05) is 31.2 Å². The van der Waals surface area contributed by atoms with Crippen molar-refractivity contribution in [2.45, 2.75) is 19.7 Å². The summed E-state index contributed by atoms with van der Waals surface area (Å²) < 4.78 is 40.1. The molecular formula is C19H19F3N2O3. The van der Waals surface area contributed by atoms with Crippen LogP contribution in [0.2, 0.25) is 0 Å². The van der Waals surface area contributed by atoms with Gasteiger partial charge in [-0.05, 0) is 36.8 Å². The molecule has 1 N–H and O–H groups in total. The van der Waals surface area contributed by atoms with Crippen LogP contribution in [0.5, 0.6) is 5.75 Å². The van der Waals surface area contributed by atoms with Gasteiger partial charge in [0.25, 0.3) is 0 Å². The number of anilines is 1. The summed E-state index contributed by atoms with van der Waals surface area (Å²) in [4.78, 5) is 25.5. The van der Waals surface area contributed by atoms with Crippen LogP contribution in [-0.4, -0.2) is 36.7 Å². The van der Waals surface area contributed by atoms with Crippen LogP contribution < -0.4 is 10.1 Å². The predicted molar refractivity (Wildman–Crippen MR) is 94.3 cm³/mol. The summed E-state index contributed by atoms with van der Waals surface area (Å²) in [7, 11) is 1.51. The van der Waals surface area contributed by atoms with Crippen LogP contribution in [0.1, 0.15) is 11.1 Å². The van der Waals surface area contributed by atoms with Crippen molar-refractivity contribution in [2.24, 2.45) is 0 Å². The molecule has 27 heavy (non-hydrogen) atoms. The van der Waals surface area contributed by atoms with E-state index in [9.17, 15) is 22.8 Å². The smallest absolute Gasteiger partial charge is 0.406 e. The second-order valence-electron chi connectivity index (χ2n) is 6.03. The summed E-state index contributed by atoms with van der Waals surface area (Å²) in [6.45, 7) is 1.77. The molecule has 0 aliphatic heterocycles. The molecule has 2 amide bonds. The van der Waals surface area contributed by atoms with Gasteiger partial charge in [0.05, 0.1) is 13.0 Å². The Morgan fingerprint density at radius 3 is 2.19 bits per heavy atom. The van der Waals surface area contributed by atoms with Gasteiger partial charge in [-0.2, -0.15) is 0 Å². The fourth-order valence-corrected chi connectivity index (χ4v) is 2.26. The fourth-order valence-electron chi connectivity index (χ4n) is 2.26. The van der Waals surface area contributed by atoms with Gasteiger partial charge in [0.2, 0.25) is 11.8 Å². The molecule has 0 radical (unpaired) electrons. The van der Waals surface area contributed by atoms with Crippen LogP contribution in [0, 0.1) is 6.92 Å². The number of hydrogen-bond donors (Lipinski definition) is 1. The Hall–Kier alpha value is -3.03. The summed E-state index contributed by atoms with van der Waals surface area (Å²) in [5.41, 5.74) is 2.23. The lowest BCUT2D eigenvalue weighted by molar-refractivity contribution is -0.274. The maximum absolute atomic E-state index is 12.2. The fraction of sp³-hybridized carbons (Fsp3) is 0.263. The Labute approximate surface area is 154 Å². The molecule has 0 saturated heterocycles. The van der Waals surface area contributed by atoms with E-state index in [1.54, 1.807) is 0 Å². The first-order valence-corrected chi connectivity index (χ1v) is 8.07. The summed E-state index contributed by atoms with van der Waals surface area (Å²) >= 11 is 0. The summed E-state index contributed by atoms with van der Waals surface area (Å²) in [6, 6.07) is 12.3. The molecule has 2 aromatic carbocycles. The third-order valence-electron chi connectivity index (χ3n) is 3.65. The zero-order valence-corrected chi connectivity index (χ0v) is 14.8. The summed E-state index contributed by atoms with van der Waals surface area (Å²) in [5, 5.41) is 2.52. The number of aryl methyl sites for hydroxylation is 1. The molecule has 0 fully saturated rings. The molecule has 0 unspecified atom stereocenters. The van der Waals surface area contributed by atoms with Gasteiger partial charge in [0.15, 0.2) is 0 Å². The second kappa shape index (κ2) is 8.57. The van der Waals surface area contributed by atoms with Gasteiger partial charge >= 0.3 is 6.36 Å². The molecular weight excluding hydrogens is 361 g/mol. The number of alkyl halides is 3. The molecule has 0 spiro atoms. The molecule has 0 aromatic heterocycles. The van der Waals surface area contributed by atoms with Gasteiger partial charge in [0.1, 0.15) is 5.75 Å². The van der Waals surface area contributed by atoms with Crippen molar-refractivity contribution in [3.05, 3.63) is 59.7 Å². The van der Waals surface area contributed by atoms with E-state index in [-0.39, 0.29) is 24.6 Å². The van der Waals surface area contributed by atoms with E-state index >= 15 is 0 Å². The molecule has 8 heteroatoms. The highest BCUT2D eigenvalue weighted by atomic mass is 19.4. The SMILES string of the molecule is Cc1ccc(CC(=O)N(C)CC(=O)Nc2ccc(OC(F)(F)F)cc2)cc1. The van der Waals surface area contributed by atoms with Gasteiger partial charge < -0.3 is 15.0 Å². The van der Waals surface area contributed by atoms with Crippen molar-refractivity contribution in [1.29, 1.82) is 0 Å². The number of carbonyl (C=O) groups excluding carboxylic acids is 2. The van der Waals surface area contributed by atoms with Gasteiger partial charge in [0, 0.05) is 12.7 Å². The highest BCUT2D eigenvalue weighted by Gasteiger charge is 2.30. The maximum Gasteiger partial charge on any atom is 0.573 e. The largest absolute Gasteiger partial charge is 0.573 e. The topological polar surface area (TPSA) is 58.6 Å². The number of amides is 2. The zero-order chi connectivity index (χ0) is 20.0. The van der Waals surface area contributed by atoms with E-state index in [1.165, 1.54) is 24.1 Å². The van der Waals surface area contributed by atoms with E-state index in [0.29, 0.717) is 5.69 Å². The standard InChI is InChI=1S/C19H19F3N2O3/c1-13-3-5-14(6-4-13)11-18(26)24(2)12-17(25)23-15-7-9-16(10-8-15)27-19(20,21)22/h3-10H,11-12H2,1-2H3,(H,23,25). The molecule has 144 valence electrons. The second-order valence-corrected chi connectivity index (χ2v) is 6.03. The number of halogens is 3. The van der Waals surface area contributed by atoms with Gasteiger partial charge in [-0.1, -0.05) is 29.8 Å². The third-order valence-corrected chi connectivity index (χ3v) is 3.65. The first-order chi connectivity index (χ1) is 12.6. The Morgan fingerprint density at radius 1 is 1.04 bits per heavy atom.